The van der Waals surface area contributed by atoms with Crippen LogP contribution in [-0.2, 0) is 6.42 Å². The number of carbonyl (C=O) groups excluding carboxylic acids is 1. The van der Waals surface area contributed by atoms with Crippen molar-refractivity contribution in [3.05, 3.63) is 80.5 Å². The molecule has 3 heterocycles. The molecule has 138 valence electrons. The highest BCUT2D eigenvalue weighted by Crippen LogP contribution is 2.33. The van der Waals surface area contributed by atoms with Gasteiger partial charge in [0.25, 0.3) is 5.91 Å². The van der Waals surface area contributed by atoms with Crippen molar-refractivity contribution in [2.45, 2.75) is 32.2 Å². The zero-order valence-corrected chi connectivity index (χ0v) is 16.6. The van der Waals surface area contributed by atoms with Gasteiger partial charge >= 0.3 is 0 Å². The Balaban J connectivity index is 1.58. The Morgan fingerprint density at radius 2 is 2.11 bits per heavy atom. The summed E-state index contributed by atoms with van der Waals surface area (Å²) in [5.74, 6) is 0.0656. The van der Waals surface area contributed by atoms with Crippen molar-refractivity contribution < 1.29 is 4.79 Å². The summed E-state index contributed by atoms with van der Waals surface area (Å²) in [6, 6.07) is 13.9. The van der Waals surface area contributed by atoms with Crippen LogP contribution in [0.15, 0.2) is 48.0 Å². The van der Waals surface area contributed by atoms with E-state index in [4.69, 9.17) is 16.6 Å². The lowest BCUT2D eigenvalue weighted by Crippen LogP contribution is -2.31. The van der Waals surface area contributed by atoms with E-state index >= 15 is 0 Å². The summed E-state index contributed by atoms with van der Waals surface area (Å²) >= 11 is 7.70. The van der Waals surface area contributed by atoms with Crippen LogP contribution in [-0.4, -0.2) is 27.3 Å². The van der Waals surface area contributed by atoms with E-state index in [-0.39, 0.29) is 11.9 Å². The number of aromatic nitrogens is 2. The monoisotopic (exact) mass is 397 g/mol. The van der Waals surface area contributed by atoms with E-state index < -0.39 is 0 Å². The molecular weight excluding hydrogens is 378 g/mol. The Hall–Kier alpha value is -2.24. The fourth-order valence-electron chi connectivity index (χ4n) is 3.57. The van der Waals surface area contributed by atoms with Crippen LogP contribution in [0.2, 0.25) is 5.02 Å². The van der Waals surface area contributed by atoms with Crippen molar-refractivity contribution >= 4 is 28.8 Å². The number of nitrogens with zero attached hydrogens (tertiary/aromatic N) is 3. The van der Waals surface area contributed by atoms with Crippen molar-refractivity contribution in [2.75, 3.05) is 6.54 Å². The molecule has 4 nitrogen and oxygen atoms in total. The van der Waals surface area contributed by atoms with Crippen molar-refractivity contribution in [2.24, 2.45) is 0 Å². The van der Waals surface area contributed by atoms with E-state index in [1.165, 1.54) is 11.3 Å². The van der Waals surface area contributed by atoms with E-state index in [1.54, 1.807) is 5.51 Å². The van der Waals surface area contributed by atoms with Crippen molar-refractivity contribution in [1.82, 2.24) is 14.9 Å². The highest BCUT2D eigenvalue weighted by atomic mass is 35.5. The molecule has 1 saturated heterocycles. The fourth-order valence-corrected chi connectivity index (χ4v) is 4.53. The molecule has 6 heteroatoms. The first-order chi connectivity index (χ1) is 13.1. The fraction of sp³-hybridized carbons (Fsp3) is 0.286. The molecule has 0 saturated carbocycles. The molecule has 0 radical (unpaired) electrons. The standard InChI is InChI=1S/C21H20ClN3OS/c1-14-20(27-13-23-14)21(26)25-11-5-10-19(25)18-9-4-7-16(24-18)12-15-6-2-3-8-17(15)22/h2-4,6-9,13,19H,5,10-12H2,1H3. The SMILES string of the molecule is Cc1ncsc1C(=O)N1CCCC1c1cccc(Cc2ccccc2Cl)n1. The first-order valence-electron chi connectivity index (χ1n) is 9.04. The maximum absolute atomic E-state index is 13.0. The summed E-state index contributed by atoms with van der Waals surface area (Å²) in [5.41, 5.74) is 5.51. The summed E-state index contributed by atoms with van der Waals surface area (Å²) in [4.78, 5) is 24.7. The molecule has 1 aliphatic heterocycles. The molecule has 3 aromatic rings. The number of aryl methyl sites for hydroxylation is 1. The number of carbonyl (C=O) groups is 1. The van der Waals surface area contributed by atoms with E-state index in [0.717, 1.165) is 51.9 Å². The minimum absolute atomic E-state index is 0.0187. The Bertz CT molecular complexity index is 971. The highest BCUT2D eigenvalue weighted by Gasteiger charge is 2.33. The van der Waals surface area contributed by atoms with Crippen molar-refractivity contribution in [3.63, 3.8) is 0 Å². The lowest BCUT2D eigenvalue weighted by Gasteiger charge is -2.24. The molecule has 27 heavy (non-hydrogen) atoms. The number of halogens is 1. The Morgan fingerprint density at radius 3 is 2.89 bits per heavy atom. The second-order valence-corrected chi connectivity index (χ2v) is 8.01. The molecule has 0 spiro atoms. The van der Waals surface area contributed by atoms with Crippen LogP contribution in [0.5, 0.6) is 0 Å². The van der Waals surface area contributed by atoms with Gasteiger partial charge in [0.05, 0.1) is 22.9 Å². The molecule has 1 aliphatic rings. The van der Waals surface area contributed by atoms with Gasteiger partial charge < -0.3 is 4.90 Å². The normalized spacial score (nSPS) is 16.7. The van der Waals surface area contributed by atoms with Crippen LogP contribution in [0.25, 0.3) is 0 Å². The third-order valence-electron chi connectivity index (χ3n) is 4.95. The zero-order chi connectivity index (χ0) is 18.8. The van der Waals surface area contributed by atoms with Gasteiger partial charge in [0.15, 0.2) is 0 Å². The summed E-state index contributed by atoms with van der Waals surface area (Å²) in [6.45, 7) is 2.65. The quantitative estimate of drug-likeness (QED) is 0.617. The lowest BCUT2D eigenvalue weighted by atomic mass is 10.1. The smallest absolute Gasteiger partial charge is 0.266 e. The van der Waals surface area contributed by atoms with Gasteiger partial charge in [-0.3, -0.25) is 9.78 Å². The number of likely N-dealkylation sites (tertiary alicyclic amines) is 1. The first-order valence-corrected chi connectivity index (χ1v) is 10.3. The number of amides is 1. The van der Waals surface area contributed by atoms with Crippen LogP contribution in [0.3, 0.4) is 0 Å². The van der Waals surface area contributed by atoms with Gasteiger partial charge in [0.1, 0.15) is 4.88 Å². The number of thiazole rings is 1. The molecular formula is C21H20ClN3OS. The molecule has 1 amide bonds. The predicted molar refractivity (Wildman–Crippen MR) is 108 cm³/mol. The third kappa shape index (κ3) is 3.75. The lowest BCUT2D eigenvalue weighted by molar-refractivity contribution is 0.0736. The van der Waals surface area contributed by atoms with Gasteiger partial charge in [0.2, 0.25) is 0 Å². The molecule has 0 N–H and O–H groups in total. The van der Waals surface area contributed by atoms with Gasteiger partial charge in [-0.1, -0.05) is 35.9 Å². The minimum Gasteiger partial charge on any atom is -0.329 e. The van der Waals surface area contributed by atoms with Gasteiger partial charge in [-0.15, -0.1) is 11.3 Å². The molecule has 4 rings (SSSR count). The van der Waals surface area contributed by atoms with Crippen LogP contribution in [0, 0.1) is 6.92 Å². The van der Waals surface area contributed by atoms with Crippen LogP contribution in [0.1, 0.15) is 51.2 Å². The maximum Gasteiger partial charge on any atom is 0.266 e. The molecule has 0 aliphatic carbocycles. The van der Waals surface area contributed by atoms with Gasteiger partial charge in [-0.05, 0) is 43.5 Å². The highest BCUT2D eigenvalue weighted by molar-refractivity contribution is 7.11. The summed E-state index contributed by atoms with van der Waals surface area (Å²) in [7, 11) is 0. The summed E-state index contributed by atoms with van der Waals surface area (Å²) in [6.07, 6.45) is 2.61. The molecule has 1 atom stereocenters. The van der Waals surface area contributed by atoms with E-state index in [2.05, 4.69) is 4.98 Å². The Morgan fingerprint density at radius 1 is 1.26 bits per heavy atom. The van der Waals surface area contributed by atoms with E-state index in [0.29, 0.717) is 6.42 Å². The molecule has 2 aromatic heterocycles. The Kier molecular flexibility index (Phi) is 5.23. The number of pyridine rings is 1. The van der Waals surface area contributed by atoms with Gasteiger partial charge in [-0.25, -0.2) is 4.98 Å². The predicted octanol–water partition coefficient (Wildman–Crippen LogP) is 5.07. The number of benzene rings is 1. The Labute approximate surface area is 167 Å². The van der Waals surface area contributed by atoms with Crippen LogP contribution >= 0.6 is 22.9 Å². The number of hydrogen-bond acceptors (Lipinski definition) is 4. The second kappa shape index (κ2) is 7.79. The van der Waals surface area contributed by atoms with E-state index in [1.807, 2.05) is 54.3 Å². The van der Waals surface area contributed by atoms with Crippen molar-refractivity contribution in [1.29, 1.82) is 0 Å². The average molecular weight is 398 g/mol. The topological polar surface area (TPSA) is 46.1 Å². The van der Waals surface area contributed by atoms with Crippen LogP contribution < -0.4 is 0 Å². The maximum atomic E-state index is 13.0. The average Bonchev–Trinajstić information content (AvgIpc) is 3.32. The first kappa shape index (κ1) is 18.1. The summed E-state index contributed by atoms with van der Waals surface area (Å²) in [5, 5.41) is 0.753. The third-order valence-corrected chi connectivity index (χ3v) is 6.24. The molecule has 1 fully saturated rings. The molecule has 1 unspecified atom stereocenters. The van der Waals surface area contributed by atoms with Crippen molar-refractivity contribution in [3.8, 4) is 0 Å². The minimum atomic E-state index is 0.0187. The van der Waals surface area contributed by atoms with Gasteiger partial charge in [-0.2, -0.15) is 0 Å². The number of hydrogen-bond donors (Lipinski definition) is 0. The van der Waals surface area contributed by atoms with Crippen LogP contribution in [0.4, 0.5) is 0 Å². The second-order valence-electron chi connectivity index (χ2n) is 6.75. The molecule has 1 aromatic carbocycles. The number of rotatable bonds is 4. The zero-order valence-electron chi connectivity index (χ0n) is 15.1. The largest absolute Gasteiger partial charge is 0.329 e. The van der Waals surface area contributed by atoms with E-state index in [9.17, 15) is 4.79 Å². The summed E-state index contributed by atoms with van der Waals surface area (Å²) < 4.78 is 0. The molecule has 0 bridgehead atoms. The van der Waals surface area contributed by atoms with Gasteiger partial charge in [0, 0.05) is 23.7 Å².